The van der Waals surface area contributed by atoms with E-state index in [2.05, 4.69) is 6.07 Å². The molecule has 2 aromatic carbocycles. The molecule has 0 radical (unpaired) electrons. The molecule has 2 nitrogen and oxygen atoms in total. The maximum Gasteiger partial charge on any atom is 0.133 e. The molecule has 2 rings (SSSR count). The monoisotopic (exact) mass is 271 g/mol. The SMILES string of the molecule is Cc1cc(C#N)cc(C)c1Oc1ccccc1CCl. The predicted molar refractivity (Wildman–Crippen MR) is 76.7 cm³/mol. The average Bonchev–Trinajstić information content (AvgIpc) is 2.43. The lowest BCUT2D eigenvalue weighted by Crippen LogP contribution is -1.95. The number of aryl methyl sites for hydroxylation is 2. The first-order valence-corrected chi connectivity index (χ1v) is 6.52. The largest absolute Gasteiger partial charge is 0.456 e. The van der Waals surface area contributed by atoms with Crippen LogP contribution in [0.25, 0.3) is 0 Å². The van der Waals surface area contributed by atoms with Crippen LogP contribution in [0.1, 0.15) is 22.3 Å². The van der Waals surface area contributed by atoms with E-state index in [4.69, 9.17) is 21.6 Å². The van der Waals surface area contributed by atoms with Gasteiger partial charge in [0.25, 0.3) is 0 Å². The van der Waals surface area contributed by atoms with Crippen LogP contribution in [0.5, 0.6) is 11.5 Å². The molecule has 19 heavy (non-hydrogen) atoms. The third-order valence-electron chi connectivity index (χ3n) is 2.92. The molecular weight excluding hydrogens is 258 g/mol. The third kappa shape index (κ3) is 2.89. The van der Waals surface area contributed by atoms with E-state index in [-0.39, 0.29) is 0 Å². The minimum atomic E-state index is 0.407. The highest BCUT2D eigenvalue weighted by atomic mass is 35.5. The van der Waals surface area contributed by atoms with Gasteiger partial charge in [0.1, 0.15) is 11.5 Å². The highest BCUT2D eigenvalue weighted by Crippen LogP contribution is 2.32. The Morgan fingerprint density at radius 2 is 1.79 bits per heavy atom. The zero-order valence-corrected chi connectivity index (χ0v) is 11.7. The highest BCUT2D eigenvalue weighted by molar-refractivity contribution is 6.17. The smallest absolute Gasteiger partial charge is 0.133 e. The maximum atomic E-state index is 8.94. The molecule has 0 N–H and O–H groups in total. The van der Waals surface area contributed by atoms with Gasteiger partial charge in [0.2, 0.25) is 0 Å². The Morgan fingerprint density at radius 1 is 1.16 bits per heavy atom. The summed E-state index contributed by atoms with van der Waals surface area (Å²) in [6.07, 6.45) is 0. The van der Waals surface area contributed by atoms with Gasteiger partial charge in [-0.15, -0.1) is 11.6 Å². The number of para-hydroxylation sites is 1. The lowest BCUT2D eigenvalue weighted by Gasteiger charge is -2.14. The Labute approximate surface area is 118 Å². The Morgan fingerprint density at radius 3 is 2.37 bits per heavy atom. The van der Waals surface area contributed by atoms with Crippen molar-refractivity contribution < 1.29 is 4.74 Å². The summed E-state index contributed by atoms with van der Waals surface area (Å²) in [5.41, 5.74) is 3.49. The summed E-state index contributed by atoms with van der Waals surface area (Å²) in [7, 11) is 0. The fourth-order valence-corrected chi connectivity index (χ4v) is 2.22. The van der Waals surface area contributed by atoms with Gasteiger partial charge in [0.15, 0.2) is 0 Å². The summed E-state index contributed by atoms with van der Waals surface area (Å²) in [6.45, 7) is 3.87. The van der Waals surface area contributed by atoms with Gasteiger partial charge < -0.3 is 4.74 Å². The van der Waals surface area contributed by atoms with Gasteiger partial charge in [-0.3, -0.25) is 0 Å². The third-order valence-corrected chi connectivity index (χ3v) is 3.21. The Hall–Kier alpha value is -1.98. The number of nitriles is 1. The molecule has 0 aliphatic rings. The average molecular weight is 272 g/mol. The molecule has 0 bridgehead atoms. The molecule has 0 aromatic heterocycles. The van der Waals surface area contributed by atoms with Crippen molar-refractivity contribution >= 4 is 11.6 Å². The lowest BCUT2D eigenvalue weighted by molar-refractivity contribution is 0.471. The normalized spacial score (nSPS) is 10.0. The van der Waals surface area contributed by atoms with E-state index in [0.717, 1.165) is 28.2 Å². The van der Waals surface area contributed by atoms with E-state index in [1.54, 1.807) is 0 Å². The summed E-state index contributed by atoms with van der Waals surface area (Å²) >= 11 is 5.90. The van der Waals surface area contributed by atoms with Gasteiger partial charge in [-0.1, -0.05) is 18.2 Å². The van der Waals surface area contributed by atoms with E-state index in [0.29, 0.717) is 11.4 Å². The standard InChI is InChI=1S/C16H14ClNO/c1-11-7-13(10-18)8-12(2)16(11)19-15-6-4-3-5-14(15)9-17/h3-8H,9H2,1-2H3. The van der Waals surface area contributed by atoms with Crippen molar-refractivity contribution in [1.82, 2.24) is 0 Å². The first kappa shape index (κ1) is 13.5. The summed E-state index contributed by atoms with van der Waals surface area (Å²) in [6, 6.07) is 13.5. The molecule has 96 valence electrons. The molecular formula is C16H14ClNO. The molecule has 0 unspecified atom stereocenters. The van der Waals surface area contributed by atoms with E-state index in [9.17, 15) is 0 Å². The topological polar surface area (TPSA) is 33.0 Å². The van der Waals surface area contributed by atoms with Crippen LogP contribution in [0.3, 0.4) is 0 Å². The van der Waals surface area contributed by atoms with Crippen molar-refractivity contribution in [3.05, 3.63) is 58.7 Å². The van der Waals surface area contributed by atoms with Crippen LogP contribution < -0.4 is 4.74 Å². The van der Waals surface area contributed by atoms with Gasteiger partial charge in [-0.2, -0.15) is 5.26 Å². The zero-order chi connectivity index (χ0) is 13.8. The molecule has 3 heteroatoms. The summed E-state index contributed by atoms with van der Waals surface area (Å²) in [5, 5.41) is 8.94. The quantitative estimate of drug-likeness (QED) is 0.758. The Bertz CT molecular complexity index is 620. The molecule has 0 heterocycles. The summed E-state index contributed by atoms with van der Waals surface area (Å²) < 4.78 is 5.97. The first-order chi connectivity index (χ1) is 9.15. The highest BCUT2D eigenvalue weighted by Gasteiger charge is 2.09. The van der Waals surface area contributed by atoms with Gasteiger partial charge in [0.05, 0.1) is 17.5 Å². The summed E-state index contributed by atoms with van der Waals surface area (Å²) in [5.74, 6) is 1.95. The molecule has 0 saturated heterocycles. The number of halogens is 1. The minimum Gasteiger partial charge on any atom is -0.456 e. The number of hydrogen-bond donors (Lipinski definition) is 0. The van der Waals surface area contributed by atoms with Crippen molar-refractivity contribution in [3.8, 4) is 17.6 Å². The van der Waals surface area contributed by atoms with Crippen LogP contribution in [0.4, 0.5) is 0 Å². The maximum absolute atomic E-state index is 8.94. The lowest BCUT2D eigenvalue weighted by atomic mass is 10.1. The van der Waals surface area contributed by atoms with Crippen molar-refractivity contribution in [3.63, 3.8) is 0 Å². The fraction of sp³-hybridized carbons (Fsp3) is 0.188. The fourth-order valence-electron chi connectivity index (χ4n) is 2.00. The van der Waals surface area contributed by atoms with Crippen LogP contribution in [0.15, 0.2) is 36.4 Å². The number of ether oxygens (including phenoxy) is 1. The van der Waals surface area contributed by atoms with E-state index < -0.39 is 0 Å². The Kier molecular flexibility index (Phi) is 4.09. The number of rotatable bonds is 3. The molecule has 0 atom stereocenters. The van der Waals surface area contributed by atoms with Crippen LogP contribution in [-0.2, 0) is 5.88 Å². The van der Waals surface area contributed by atoms with Gasteiger partial charge in [0, 0.05) is 5.56 Å². The van der Waals surface area contributed by atoms with Crippen LogP contribution in [0.2, 0.25) is 0 Å². The number of hydrogen-bond acceptors (Lipinski definition) is 2. The van der Waals surface area contributed by atoms with E-state index in [1.807, 2.05) is 50.2 Å². The van der Waals surface area contributed by atoms with Crippen LogP contribution in [-0.4, -0.2) is 0 Å². The Balaban J connectivity index is 2.42. The second kappa shape index (κ2) is 5.77. The number of nitrogens with zero attached hydrogens (tertiary/aromatic N) is 1. The van der Waals surface area contributed by atoms with Crippen molar-refractivity contribution in [2.45, 2.75) is 19.7 Å². The second-order valence-corrected chi connectivity index (χ2v) is 4.66. The van der Waals surface area contributed by atoms with Gasteiger partial charge in [-0.25, -0.2) is 0 Å². The second-order valence-electron chi connectivity index (χ2n) is 4.39. The number of alkyl halides is 1. The molecule has 0 amide bonds. The van der Waals surface area contributed by atoms with E-state index in [1.165, 1.54) is 0 Å². The molecule has 0 saturated carbocycles. The van der Waals surface area contributed by atoms with Crippen LogP contribution >= 0.6 is 11.6 Å². The van der Waals surface area contributed by atoms with Crippen molar-refractivity contribution in [2.75, 3.05) is 0 Å². The molecule has 0 aliphatic carbocycles. The minimum absolute atomic E-state index is 0.407. The predicted octanol–water partition coefficient (Wildman–Crippen LogP) is 4.71. The molecule has 0 fully saturated rings. The first-order valence-electron chi connectivity index (χ1n) is 5.98. The molecule has 0 spiro atoms. The van der Waals surface area contributed by atoms with Crippen LogP contribution in [0, 0.1) is 25.2 Å². The number of benzene rings is 2. The van der Waals surface area contributed by atoms with Gasteiger partial charge in [-0.05, 0) is 43.2 Å². The van der Waals surface area contributed by atoms with E-state index >= 15 is 0 Å². The van der Waals surface area contributed by atoms with Crippen molar-refractivity contribution in [1.29, 1.82) is 5.26 Å². The summed E-state index contributed by atoms with van der Waals surface area (Å²) in [4.78, 5) is 0. The zero-order valence-electron chi connectivity index (χ0n) is 10.9. The molecule has 2 aromatic rings. The molecule has 0 aliphatic heterocycles. The van der Waals surface area contributed by atoms with Crippen molar-refractivity contribution in [2.24, 2.45) is 0 Å². The van der Waals surface area contributed by atoms with Gasteiger partial charge >= 0.3 is 0 Å².